The van der Waals surface area contributed by atoms with Crippen molar-refractivity contribution in [2.75, 3.05) is 0 Å². The third-order valence-electron chi connectivity index (χ3n) is 4.14. The Hall–Kier alpha value is -1.16. The lowest BCUT2D eigenvalue weighted by molar-refractivity contribution is -0.124. The average Bonchev–Trinajstić information content (AvgIpc) is 2.91. The van der Waals surface area contributed by atoms with Gasteiger partial charge in [0.15, 0.2) is 4.96 Å². The van der Waals surface area contributed by atoms with Crippen molar-refractivity contribution in [1.82, 2.24) is 9.38 Å². The average molecular weight is 262 g/mol. The highest BCUT2D eigenvalue weighted by atomic mass is 32.1. The van der Waals surface area contributed by atoms with Gasteiger partial charge in [-0.1, -0.05) is 20.3 Å². The normalized spacial score (nSPS) is 22.7. The van der Waals surface area contributed by atoms with Gasteiger partial charge in [0.1, 0.15) is 5.78 Å². The minimum absolute atomic E-state index is 0.175. The van der Waals surface area contributed by atoms with Crippen molar-refractivity contribution in [1.29, 1.82) is 0 Å². The summed E-state index contributed by atoms with van der Waals surface area (Å²) >= 11 is 1.61. The first-order valence-electron chi connectivity index (χ1n) is 6.50. The first kappa shape index (κ1) is 11.9. The maximum absolute atomic E-state index is 12.4. The second-order valence-electron chi connectivity index (χ2n) is 5.90. The molecule has 1 aliphatic carbocycles. The molecule has 1 aliphatic rings. The summed E-state index contributed by atoms with van der Waals surface area (Å²) in [5.41, 5.74) is 1.09. The summed E-state index contributed by atoms with van der Waals surface area (Å²) in [5.74, 6) is 0.584. The van der Waals surface area contributed by atoms with Gasteiger partial charge in [-0.3, -0.25) is 9.20 Å². The van der Waals surface area contributed by atoms with E-state index in [9.17, 15) is 4.79 Å². The van der Waals surface area contributed by atoms with E-state index in [1.807, 2.05) is 22.2 Å². The quantitative estimate of drug-likeness (QED) is 0.850. The molecule has 0 saturated heterocycles. The van der Waals surface area contributed by atoms with E-state index in [2.05, 4.69) is 18.8 Å². The standard InChI is InChI=1S/C14H18N2OS/c1-14(2)5-3-4-11(14)12(17)8-10-9-16-6-7-18-13(16)15-10/h6-7,9,11H,3-5,8H2,1-2H3. The molecule has 0 aliphatic heterocycles. The SMILES string of the molecule is CC1(C)CCCC1C(=O)Cc1cn2ccsc2n1. The summed E-state index contributed by atoms with van der Waals surface area (Å²) < 4.78 is 1.99. The molecule has 0 amide bonds. The molecule has 2 heterocycles. The zero-order valence-electron chi connectivity index (χ0n) is 10.8. The van der Waals surface area contributed by atoms with Crippen molar-refractivity contribution in [3.05, 3.63) is 23.5 Å². The molecule has 0 spiro atoms. The summed E-state index contributed by atoms with van der Waals surface area (Å²) in [5, 5.41) is 2.01. The molecule has 4 heteroatoms. The van der Waals surface area contributed by atoms with E-state index in [0.717, 1.165) is 17.1 Å². The molecule has 0 radical (unpaired) electrons. The molecule has 1 fully saturated rings. The first-order chi connectivity index (χ1) is 8.56. The summed E-state index contributed by atoms with van der Waals surface area (Å²) in [6, 6.07) is 0. The number of hydrogen-bond donors (Lipinski definition) is 0. The zero-order chi connectivity index (χ0) is 12.8. The van der Waals surface area contributed by atoms with Crippen LogP contribution in [-0.4, -0.2) is 15.2 Å². The number of carbonyl (C=O) groups is 1. The van der Waals surface area contributed by atoms with Crippen LogP contribution in [0.15, 0.2) is 17.8 Å². The van der Waals surface area contributed by atoms with Crippen molar-refractivity contribution < 1.29 is 4.79 Å². The highest BCUT2D eigenvalue weighted by molar-refractivity contribution is 7.15. The third kappa shape index (κ3) is 1.99. The largest absolute Gasteiger partial charge is 0.299 e. The molecule has 3 rings (SSSR count). The van der Waals surface area contributed by atoms with Crippen molar-refractivity contribution in [2.24, 2.45) is 11.3 Å². The minimum atomic E-state index is 0.175. The Labute approximate surface area is 111 Å². The Kier molecular flexibility index (Phi) is 2.77. The van der Waals surface area contributed by atoms with Crippen LogP contribution >= 0.6 is 11.3 Å². The van der Waals surface area contributed by atoms with E-state index < -0.39 is 0 Å². The van der Waals surface area contributed by atoms with Crippen molar-refractivity contribution in [2.45, 2.75) is 39.5 Å². The number of Topliss-reactive ketones (excluding diaryl/α,β-unsaturated/α-hetero) is 1. The second kappa shape index (κ2) is 4.19. The van der Waals surface area contributed by atoms with Gasteiger partial charge in [-0.15, -0.1) is 11.3 Å². The number of hydrogen-bond acceptors (Lipinski definition) is 3. The Bertz CT molecular complexity index is 553. The van der Waals surface area contributed by atoms with Crippen LogP contribution in [0.4, 0.5) is 0 Å². The monoisotopic (exact) mass is 262 g/mol. The highest BCUT2D eigenvalue weighted by Gasteiger charge is 2.38. The Morgan fingerprint density at radius 1 is 1.61 bits per heavy atom. The number of carbonyl (C=O) groups excluding carboxylic acids is 1. The van der Waals surface area contributed by atoms with Crippen LogP contribution in [0.1, 0.15) is 38.8 Å². The molecule has 0 N–H and O–H groups in total. The van der Waals surface area contributed by atoms with Crippen molar-refractivity contribution in [3.63, 3.8) is 0 Å². The number of nitrogens with zero attached hydrogens (tertiary/aromatic N) is 2. The van der Waals surface area contributed by atoms with Crippen LogP contribution in [0.25, 0.3) is 4.96 Å². The minimum Gasteiger partial charge on any atom is -0.299 e. The zero-order valence-corrected chi connectivity index (χ0v) is 11.7. The molecule has 3 nitrogen and oxygen atoms in total. The first-order valence-corrected chi connectivity index (χ1v) is 7.38. The predicted molar refractivity (Wildman–Crippen MR) is 72.9 cm³/mol. The topological polar surface area (TPSA) is 34.4 Å². The van der Waals surface area contributed by atoms with Gasteiger partial charge in [0.2, 0.25) is 0 Å². The predicted octanol–water partition coefficient (Wildman–Crippen LogP) is 3.33. The summed E-state index contributed by atoms with van der Waals surface area (Å²) in [7, 11) is 0. The van der Waals surface area contributed by atoms with Gasteiger partial charge in [0, 0.05) is 23.7 Å². The molecule has 1 unspecified atom stereocenters. The van der Waals surface area contributed by atoms with E-state index in [0.29, 0.717) is 12.2 Å². The third-order valence-corrected chi connectivity index (χ3v) is 4.92. The van der Waals surface area contributed by atoms with Gasteiger partial charge < -0.3 is 0 Å². The summed E-state index contributed by atoms with van der Waals surface area (Å²) in [4.78, 5) is 17.9. The number of thiazole rings is 1. The van der Waals surface area contributed by atoms with Gasteiger partial charge in [-0.05, 0) is 18.3 Å². The van der Waals surface area contributed by atoms with Gasteiger partial charge >= 0.3 is 0 Å². The van der Waals surface area contributed by atoms with E-state index in [-0.39, 0.29) is 11.3 Å². The Balaban J connectivity index is 1.76. The van der Waals surface area contributed by atoms with Gasteiger partial charge in [0.25, 0.3) is 0 Å². The molecule has 96 valence electrons. The molecule has 2 aromatic heterocycles. The molecule has 0 aromatic carbocycles. The fraction of sp³-hybridized carbons (Fsp3) is 0.571. The number of imidazole rings is 1. The van der Waals surface area contributed by atoms with Crippen LogP contribution in [-0.2, 0) is 11.2 Å². The van der Waals surface area contributed by atoms with E-state index in [1.54, 1.807) is 11.3 Å². The molecule has 18 heavy (non-hydrogen) atoms. The maximum Gasteiger partial charge on any atom is 0.193 e. The summed E-state index contributed by atoms with van der Waals surface area (Å²) in [6.07, 6.45) is 7.85. The number of aromatic nitrogens is 2. The summed E-state index contributed by atoms with van der Waals surface area (Å²) in [6.45, 7) is 4.43. The van der Waals surface area contributed by atoms with Crippen LogP contribution in [0.5, 0.6) is 0 Å². The molecule has 0 bridgehead atoms. The molecule has 2 aromatic rings. The lowest BCUT2D eigenvalue weighted by Crippen LogP contribution is -2.27. The Morgan fingerprint density at radius 2 is 2.44 bits per heavy atom. The number of fused-ring (bicyclic) bond motifs is 1. The molecular formula is C14H18N2OS. The number of rotatable bonds is 3. The van der Waals surface area contributed by atoms with Gasteiger partial charge in [-0.2, -0.15) is 0 Å². The highest BCUT2D eigenvalue weighted by Crippen LogP contribution is 2.43. The van der Waals surface area contributed by atoms with E-state index in [4.69, 9.17) is 0 Å². The van der Waals surface area contributed by atoms with E-state index in [1.165, 1.54) is 12.8 Å². The van der Waals surface area contributed by atoms with Gasteiger partial charge in [-0.25, -0.2) is 4.98 Å². The van der Waals surface area contributed by atoms with Crippen LogP contribution in [0.2, 0.25) is 0 Å². The van der Waals surface area contributed by atoms with Crippen molar-refractivity contribution in [3.8, 4) is 0 Å². The van der Waals surface area contributed by atoms with E-state index >= 15 is 0 Å². The fourth-order valence-electron chi connectivity index (χ4n) is 3.09. The van der Waals surface area contributed by atoms with Crippen LogP contribution < -0.4 is 0 Å². The maximum atomic E-state index is 12.4. The molecular weight excluding hydrogens is 244 g/mol. The molecule has 1 atom stereocenters. The smallest absolute Gasteiger partial charge is 0.193 e. The lowest BCUT2D eigenvalue weighted by atomic mass is 9.78. The number of ketones is 1. The second-order valence-corrected chi connectivity index (χ2v) is 6.77. The van der Waals surface area contributed by atoms with Crippen LogP contribution in [0, 0.1) is 11.3 Å². The lowest BCUT2D eigenvalue weighted by Gasteiger charge is -2.25. The fourth-order valence-corrected chi connectivity index (χ4v) is 3.81. The Morgan fingerprint density at radius 3 is 3.11 bits per heavy atom. The molecule has 1 saturated carbocycles. The van der Waals surface area contributed by atoms with Crippen molar-refractivity contribution >= 4 is 22.1 Å². The van der Waals surface area contributed by atoms with Gasteiger partial charge in [0.05, 0.1) is 12.1 Å². The van der Waals surface area contributed by atoms with Crippen LogP contribution in [0.3, 0.4) is 0 Å².